The van der Waals surface area contributed by atoms with Crippen LogP contribution in [0.25, 0.3) is 0 Å². The van der Waals surface area contributed by atoms with E-state index in [4.69, 9.17) is 14.2 Å². The number of fused-ring (bicyclic) bond motifs is 1. The maximum atomic E-state index is 10.2. The summed E-state index contributed by atoms with van der Waals surface area (Å²) in [7, 11) is 1.62. The van der Waals surface area contributed by atoms with Gasteiger partial charge in [0.15, 0.2) is 11.5 Å². The van der Waals surface area contributed by atoms with Gasteiger partial charge in [0.2, 0.25) is 5.75 Å². The van der Waals surface area contributed by atoms with Gasteiger partial charge in [0.1, 0.15) is 13.2 Å². The summed E-state index contributed by atoms with van der Waals surface area (Å²) in [6, 6.07) is 13.5. The Morgan fingerprint density at radius 1 is 1.17 bits per heavy atom. The number of nitrogens with one attached hydrogen (secondary N) is 1. The lowest BCUT2D eigenvalue weighted by atomic mass is 10.1. The van der Waals surface area contributed by atoms with Crippen LogP contribution in [-0.2, 0) is 6.54 Å². The van der Waals surface area contributed by atoms with Crippen molar-refractivity contribution in [1.82, 2.24) is 5.32 Å². The van der Waals surface area contributed by atoms with Crippen molar-refractivity contribution < 1.29 is 19.3 Å². The molecule has 0 bridgehead atoms. The number of benzene rings is 2. The Balaban J connectivity index is 1.62. The van der Waals surface area contributed by atoms with E-state index in [0.717, 1.165) is 11.1 Å². The van der Waals surface area contributed by atoms with Gasteiger partial charge >= 0.3 is 0 Å². The van der Waals surface area contributed by atoms with E-state index in [9.17, 15) is 5.11 Å². The number of methoxy groups -OCH3 is 1. The van der Waals surface area contributed by atoms with Crippen LogP contribution in [0, 0.1) is 0 Å². The summed E-state index contributed by atoms with van der Waals surface area (Å²) in [4.78, 5) is 0. The minimum atomic E-state index is -0.532. The zero-order valence-electron chi connectivity index (χ0n) is 13.1. The molecule has 1 heterocycles. The summed E-state index contributed by atoms with van der Waals surface area (Å²) >= 11 is 0. The zero-order valence-corrected chi connectivity index (χ0v) is 13.1. The Morgan fingerprint density at radius 3 is 2.74 bits per heavy atom. The minimum Gasteiger partial charge on any atom is -0.493 e. The highest BCUT2D eigenvalue weighted by molar-refractivity contribution is 5.54. The highest BCUT2D eigenvalue weighted by Gasteiger charge is 2.18. The molecule has 122 valence electrons. The van der Waals surface area contributed by atoms with Crippen LogP contribution in [0.15, 0.2) is 42.5 Å². The van der Waals surface area contributed by atoms with E-state index in [0.29, 0.717) is 43.6 Å². The first-order valence-electron chi connectivity index (χ1n) is 7.68. The molecule has 5 heteroatoms. The molecule has 0 saturated carbocycles. The van der Waals surface area contributed by atoms with Crippen molar-refractivity contribution in [2.75, 3.05) is 26.9 Å². The smallest absolute Gasteiger partial charge is 0.203 e. The average molecular weight is 315 g/mol. The van der Waals surface area contributed by atoms with E-state index < -0.39 is 6.10 Å². The Kier molecular flexibility index (Phi) is 5.00. The number of hydrogen-bond acceptors (Lipinski definition) is 5. The van der Waals surface area contributed by atoms with Crippen LogP contribution in [0.5, 0.6) is 17.2 Å². The first kappa shape index (κ1) is 15.6. The van der Waals surface area contributed by atoms with Gasteiger partial charge in [0.05, 0.1) is 13.2 Å². The lowest BCUT2D eigenvalue weighted by Crippen LogP contribution is -2.21. The molecule has 1 unspecified atom stereocenters. The topological polar surface area (TPSA) is 60.0 Å². The molecule has 2 aromatic carbocycles. The number of rotatable bonds is 6. The quantitative estimate of drug-likeness (QED) is 0.856. The Hall–Kier alpha value is -2.24. The summed E-state index contributed by atoms with van der Waals surface area (Å²) in [6.45, 7) is 2.15. The third-order valence-electron chi connectivity index (χ3n) is 3.74. The summed E-state index contributed by atoms with van der Waals surface area (Å²) in [6.07, 6.45) is -0.532. The standard InChI is InChI=1S/C18H21NO4/c1-21-16-9-13(10-17-18(16)23-8-7-22-17)11-19-12-15(20)14-5-3-2-4-6-14/h2-6,9-10,15,19-20H,7-8,11-12H2,1H3. The van der Waals surface area contributed by atoms with Crippen molar-refractivity contribution in [3.05, 3.63) is 53.6 Å². The van der Waals surface area contributed by atoms with Crippen LogP contribution in [0.3, 0.4) is 0 Å². The lowest BCUT2D eigenvalue weighted by molar-refractivity contribution is 0.164. The maximum Gasteiger partial charge on any atom is 0.203 e. The van der Waals surface area contributed by atoms with E-state index in [1.807, 2.05) is 42.5 Å². The summed E-state index contributed by atoms with van der Waals surface area (Å²) in [5, 5.41) is 13.4. The van der Waals surface area contributed by atoms with E-state index in [1.54, 1.807) is 7.11 Å². The molecule has 0 amide bonds. The van der Waals surface area contributed by atoms with Gasteiger partial charge in [-0.15, -0.1) is 0 Å². The summed E-state index contributed by atoms with van der Waals surface area (Å²) in [5.74, 6) is 2.03. The number of ether oxygens (including phenoxy) is 3. The van der Waals surface area contributed by atoms with Gasteiger partial charge in [-0.1, -0.05) is 30.3 Å². The molecule has 1 aliphatic heterocycles. The minimum absolute atomic E-state index is 0.473. The van der Waals surface area contributed by atoms with Crippen molar-refractivity contribution in [2.45, 2.75) is 12.6 Å². The summed E-state index contributed by atoms with van der Waals surface area (Å²) in [5.41, 5.74) is 1.92. The van der Waals surface area contributed by atoms with Gasteiger partial charge in [0.25, 0.3) is 0 Å². The second kappa shape index (κ2) is 7.35. The highest BCUT2D eigenvalue weighted by atomic mass is 16.6. The molecule has 5 nitrogen and oxygen atoms in total. The molecule has 0 aliphatic carbocycles. The van der Waals surface area contributed by atoms with Crippen LogP contribution in [0.2, 0.25) is 0 Å². The van der Waals surface area contributed by atoms with Gasteiger partial charge in [-0.2, -0.15) is 0 Å². The van der Waals surface area contributed by atoms with Crippen molar-refractivity contribution in [1.29, 1.82) is 0 Å². The van der Waals surface area contributed by atoms with Crippen molar-refractivity contribution in [2.24, 2.45) is 0 Å². The van der Waals surface area contributed by atoms with Gasteiger partial charge < -0.3 is 24.6 Å². The van der Waals surface area contributed by atoms with Gasteiger partial charge in [-0.05, 0) is 23.3 Å². The van der Waals surface area contributed by atoms with Gasteiger partial charge in [-0.25, -0.2) is 0 Å². The number of aliphatic hydroxyl groups is 1. The number of aliphatic hydroxyl groups excluding tert-OH is 1. The molecule has 3 rings (SSSR count). The normalized spacial score (nSPS) is 14.3. The largest absolute Gasteiger partial charge is 0.493 e. The van der Waals surface area contributed by atoms with E-state index in [1.165, 1.54) is 0 Å². The Morgan fingerprint density at radius 2 is 1.96 bits per heavy atom. The van der Waals surface area contributed by atoms with Crippen LogP contribution in [-0.4, -0.2) is 32.0 Å². The molecule has 0 fully saturated rings. The SMILES string of the molecule is COc1cc(CNCC(O)c2ccccc2)cc2c1OCCO2. The molecule has 2 N–H and O–H groups in total. The van der Waals surface area contributed by atoms with Gasteiger partial charge in [-0.3, -0.25) is 0 Å². The lowest BCUT2D eigenvalue weighted by Gasteiger charge is -2.21. The maximum absolute atomic E-state index is 10.2. The highest BCUT2D eigenvalue weighted by Crippen LogP contribution is 2.40. The van der Waals surface area contributed by atoms with E-state index >= 15 is 0 Å². The van der Waals surface area contributed by atoms with Gasteiger partial charge in [0, 0.05) is 13.1 Å². The first-order chi connectivity index (χ1) is 11.3. The fourth-order valence-electron chi connectivity index (χ4n) is 2.58. The Bertz CT molecular complexity index is 628. The fraction of sp³-hybridized carbons (Fsp3) is 0.333. The second-order valence-electron chi connectivity index (χ2n) is 5.38. The van der Waals surface area contributed by atoms with Crippen LogP contribution in [0.4, 0.5) is 0 Å². The molecule has 0 aromatic heterocycles. The van der Waals surface area contributed by atoms with Crippen LogP contribution in [0.1, 0.15) is 17.2 Å². The molecule has 1 atom stereocenters. The molecule has 1 aliphatic rings. The molecule has 23 heavy (non-hydrogen) atoms. The molecule has 0 radical (unpaired) electrons. The molecular formula is C18H21NO4. The van der Waals surface area contributed by atoms with Crippen LogP contribution < -0.4 is 19.5 Å². The van der Waals surface area contributed by atoms with Crippen molar-refractivity contribution in [3.8, 4) is 17.2 Å². The average Bonchev–Trinajstić information content (AvgIpc) is 2.61. The van der Waals surface area contributed by atoms with Crippen molar-refractivity contribution in [3.63, 3.8) is 0 Å². The molecule has 0 saturated heterocycles. The molecular weight excluding hydrogens is 294 g/mol. The van der Waals surface area contributed by atoms with E-state index in [-0.39, 0.29) is 0 Å². The van der Waals surface area contributed by atoms with Crippen LogP contribution >= 0.6 is 0 Å². The fourth-order valence-corrected chi connectivity index (χ4v) is 2.58. The molecule has 2 aromatic rings. The zero-order chi connectivity index (χ0) is 16.1. The predicted molar refractivity (Wildman–Crippen MR) is 87.1 cm³/mol. The monoisotopic (exact) mass is 315 g/mol. The third kappa shape index (κ3) is 3.75. The molecule has 0 spiro atoms. The number of hydrogen-bond donors (Lipinski definition) is 2. The van der Waals surface area contributed by atoms with Crippen molar-refractivity contribution >= 4 is 0 Å². The second-order valence-corrected chi connectivity index (χ2v) is 5.38. The summed E-state index contributed by atoms with van der Waals surface area (Å²) < 4.78 is 16.6. The third-order valence-corrected chi connectivity index (χ3v) is 3.74. The van der Waals surface area contributed by atoms with E-state index in [2.05, 4.69) is 5.32 Å². The predicted octanol–water partition coefficient (Wildman–Crippen LogP) is 2.29. The Labute approximate surface area is 135 Å². The first-order valence-corrected chi connectivity index (χ1v) is 7.68.